The van der Waals surface area contributed by atoms with Crippen LogP contribution in [0.1, 0.15) is 25.5 Å². The highest BCUT2D eigenvalue weighted by molar-refractivity contribution is 5.83. The van der Waals surface area contributed by atoms with Crippen molar-refractivity contribution in [3.05, 3.63) is 58.8 Å². The monoisotopic (exact) mass is 406 g/mol. The minimum Gasteiger partial charge on any atom is -0.356 e. The molecule has 4 aromatic rings. The highest BCUT2D eigenvalue weighted by Gasteiger charge is 2.19. The van der Waals surface area contributed by atoms with Crippen molar-refractivity contribution in [2.24, 2.45) is 0 Å². The second-order valence-electron chi connectivity index (χ2n) is 7.04. The summed E-state index contributed by atoms with van der Waals surface area (Å²) < 4.78 is 13.0. The Labute approximate surface area is 170 Å². The number of fused-ring (bicyclic) bond motifs is 1. The Hall–Kier alpha value is -3.79. The highest BCUT2D eigenvalue weighted by Crippen LogP contribution is 2.29. The lowest BCUT2D eigenvalue weighted by molar-refractivity contribution is -0.384. The highest BCUT2D eigenvalue weighted by atomic mass is 16.6. The summed E-state index contributed by atoms with van der Waals surface area (Å²) >= 11 is 0. The van der Waals surface area contributed by atoms with Crippen LogP contribution in [0, 0.1) is 10.1 Å². The maximum Gasteiger partial charge on any atom is 0.326 e. The quantitative estimate of drug-likeness (QED) is 0.381. The van der Waals surface area contributed by atoms with Crippen molar-refractivity contribution < 1.29 is 14.2 Å². The number of benzene rings is 2. The summed E-state index contributed by atoms with van der Waals surface area (Å²) in [5, 5.41) is 23.4. The number of anilines is 2. The van der Waals surface area contributed by atoms with Crippen LogP contribution in [0.2, 0.25) is 0 Å². The Morgan fingerprint density at radius 3 is 2.97 bits per heavy atom. The van der Waals surface area contributed by atoms with E-state index in [2.05, 4.69) is 20.6 Å². The van der Waals surface area contributed by atoms with E-state index < -0.39 is 4.92 Å². The van der Waals surface area contributed by atoms with Crippen LogP contribution >= 0.6 is 0 Å². The number of nitrogens with one attached hydrogen (secondary N) is 1. The summed E-state index contributed by atoms with van der Waals surface area (Å²) in [5.74, 6) is 0.268. The molecule has 1 N–H and O–H groups in total. The lowest BCUT2D eigenvalue weighted by Gasteiger charge is -2.23. The van der Waals surface area contributed by atoms with Gasteiger partial charge in [0, 0.05) is 35.4 Å². The Bertz CT molecular complexity index is 1210. The molecule has 10 nitrogen and oxygen atoms in total. The minimum absolute atomic E-state index is 0.0245. The largest absolute Gasteiger partial charge is 0.356 e. The van der Waals surface area contributed by atoms with E-state index >= 15 is 0 Å². The molecule has 0 bridgehead atoms. The predicted molar refractivity (Wildman–Crippen MR) is 108 cm³/mol. The van der Waals surface area contributed by atoms with Gasteiger partial charge in [-0.1, -0.05) is 17.3 Å². The first-order valence-corrected chi connectivity index (χ1v) is 9.62. The zero-order valence-electron chi connectivity index (χ0n) is 15.9. The predicted octanol–water partition coefficient (Wildman–Crippen LogP) is 4.44. The molecule has 1 atom stereocenters. The number of non-ortho nitro benzene ring substituents is 1. The number of nitro groups is 1. The molecule has 0 amide bonds. The molecule has 5 rings (SSSR count). The van der Waals surface area contributed by atoms with Crippen LogP contribution in [0.4, 0.5) is 17.4 Å². The summed E-state index contributed by atoms with van der Waals surface area (Å²) in [5.41, 5.74) is 2.23. The Morgan fingerprint density at radius 2 is 2.13 bits per heavy atom. The zero-order chi connectivity index (χ0) is 20.5. The molecule has 1 aliphatic heterocycles. The molecule has 2 aromatic heterocycles. The maximum atomic E-state index is 11.0. The third-order valence-corrected chi connectivity index (χ3v) is 5.02. The smallest absolute Gasteiger partial charge is 0.326 e. The van der Waals surface area contributed by atoms with Crippen molar-refractivity contribution in [3.63, 3.8) is 0 Å². The number of nitrogens with zero attached hydrogens (tertiary/aromatic N) is 5. The molecular weight excluding hydrogens is 388 g/mol. The number of nitro benzene ring substituents is 1. The lowest BCUT2D eigenvalue weighted by Crippen LogP contribution is -2.18. The van der Waals surface area contributed by atoms with Gasteiger partial charge in [-0.3, -0.25) is 10.1 Å². The molecule has 0 aliphatic carbocycles. The molecule has 0 spiro atoms. The van der Waals surface area contributed by atoms with Gasteiger partial charge in [0.05, 0.1) is 16.6 Å². The van der Waals surface area contributed by atoms with Gasteiger partial charge < -0.3 is 14.6 Å². The van der Waals surface area contributed by atoms with E-state index in [0.29, 0.717) is 5.56 Å². The fraction of sp³-hybridized carbons (Fsp3) is 0.250. The van der Waals surface area contributed by atoms with Crippen LogP contribution in [0.3, 0.4) is 0 Å². The van der Waals surface area contributed by atoms with E-state index in [9.17, 15) is 10.1 Å². The zero-order valence-corrected chi connectivity index (χ0v) is 15.9. The van der Waals surface area contributed by atoms with Crippen molar-refractivity contribution in [1.82, 2.24) is 19.9 Å². The van der Waals surface area contributed by atoms with E-state index in [4.69, 9.17) is 9.26 Å². The Balaban J connectivity index is 1.36. The molecule has 3 heterocycles. The summed E-state index contributed by atoms with van der Waals surface area (Å²) in [6, 6.07) is 12.1. The topological polar surface area (TPSA) is 121 Å². The maximum absolute atomic E-state index is 11.0. The Morgan fingerprint density at radius 1 is 1.20 bits per heavy atom. The first-order valence-electron chi connectivity index (χ1n) is 9.62. The fourth-order valence-electron chi connectivity index (χ4n) is 3.55. The molecule has 10 heteroatoms. The molecule has 1 fully saturated rings. The standard InChI is InChI=1S/C20H18N6O4/c27-26(28)16-5-3-4-13(11-16)19-23-20(30-24-19)22-15-7-8-17-14(10-15)12-21-25(17)18-6-1-2-9-29-18/h3-5,7-8,10-12,18H,1-2,6,9H2,(H,22,23,24). The van der Waals surface area contributed by atoms with Gasteiger partial charge in [-0.25, -0.2) is 4.68 Å². The van der Waals surface area contributed by atoms with Crippen LogP contribution < -0.4 is 5.32 Å². The lowest BCUT2D eigenvalue weighted by atomic mass is 10.2. The number of ether oxygens (including phenoxy) is 1. The van der Waals surface area contributed by atoms with Crippen LogP contribution in [0.25, 0.3) is 22.3 Å². The van der Waals surface area contributed by atoms with Gasteiger partial charge >= 0.3 is 6.01 Å². The first-order chi connectivity index (χ1) is 14.7. The van der Waals surface area contributed by atoms with Crippen LogP contribution in [-0.2, 0) is 4.74 Å². The molecule has 0 radical (unpaired) electrons. The van der Waals surface area contributed by atoms with Gasteiger partial charge in [-0.15, -0.1) is 0 Å². The van der Waals surface area contributed by atoms with Crippen molar-refractivity contribution >= 4 is 28.3 Å². The molecular formula is C20H18N6O4. The van der Waals surface area contributed by atoms with Crippen LogP contribution in [0.15, 0.2) is 53.2 Å². The summed E-state index contributed by atoms with van der Waals surface area (Å²) in [6.07, 6.45) is 4.96. The van der Waals surface area contributed by atoms with Gasteiger partial charge in [0.15, 0.2) is 6.23 Å². The second kappa shape index (κ2) is 7.56. The van der Waals surface area contributed by atoms with Crippen LogP contribution in [-0.4, -0.2) is 31.5 Å². The summed E-state index contributed by atoms with van der Waals surface area (Å²) in [6.45, 7) is 0.760. The third kappa shape index (κ3) is 3.48. The third-order valence-electron chi connectivity index (χ3n) is 5.02. The van der Waals surface area contributed by atoms with Crippen molar-refractivity contribution in [2.45, 2.75) is 25.5 Å². The second-order valence-corrected chi connectivity index (χ2v) is 7.04. The molecule has 30 heavy (non-hydrogen) atoms. The first kappa shape index (κ1) is 18.3. The molecule has 152 valence electrons. The number of hydrogen-bond donors (Lipinski definition) is 1. The summed E-state index contributed by atoms with van der Waals surface area (Å²) in [4.78, 5) is 14.8. The molecule has 1 aliphatic rings. The van der Waals surface area contributed by atoms with Crippen molar-refractivity contribution in [3.8, 4) is 11.4 Å². The van der Waals surface area contributed by atoms with Crippen molar-refractivity contribution in [1.29, 1.82) is 0 Å². The number of rotatable bonds is 5. The average molecular weight is 406 g/mol. The van der Waals surface area contributed by atoms with E-state index in [1.807, 2.05) is 22.9 Å². The van der Waals surface area contributed by atoms with Gasteiger partial charge in [-0.2, -0.15) is 10.1 Å². The van der Waals surface area contributed by atoms with Gasteiger partial charge in [0.1, 0.15) is 0 Å². The summed E-state index contributed by atoms with van der Waals surface area (Å²) in [7, 11) is 0. The van der Waals surface area contributed by atoms with E-state index in [1.165, 1.54) is 12.1 Å². The van der Waals surface area contributed by atoms with Gasteiger partial charge in [0.25, 0.3) is 5.69 Å². The van der Waals surface area contributed by atoms with E-state index in [0.717, 1.165) is 42.5 Å². The molecule has 2 aromatic carbocycles. The number of aromatic nitrogens is 4. The number of hydrogen-bond acceptors (Lipinski definition) is 8. The van der Waals surface area contributed by atoms with Gasteiger partial charge in [-0.05, 0) is 37.5 Å². The van der Waals surface area contributed by atoms with Crippen LogP contribution in [0.5, 0.6) is 0 Å². The average Bonchev–Trinajstić information content (AvgIpc) is 3.41. The molecule has 1 saturated heterocycles. The van der Waals surface area contributed by atoms with E-state index in [-0.39, 0.29) is 23.8 Å². The SMILES string of the molecule is O=[N+]([O-])c1cccc(-c2noc(Nc3ccc4c(cnn4C4CCCCO4)c3)n2)c1. The normalized spacial score (nSPS) is 16.6. The van der Waals surface area contributed by atoms with Crippen molar-refractivity contribution in [2.75, 3.05) is 11.9 Å². The van der Waals surface area contributed by atoms with Gasteiger partial charge in [0.2, 0.25) is 5.82 Å². The van der Waals surface area contributed by atoms with E-state index in [1.54, 1.807) is 18.3 Å². The molecule has 0 saturated carbocycles. The minimum atomic E-state index is -0.462. The Kier molecular flexibility index (Phi) is 4.60. The fourth-order valence-corrected chi connectivity index (χ4v) is 3.55. The molecule has 1 unspecified atom stereocenters.